The average molecular weight is 373 g/mol. The predicted molar refractivity (Wildman–Crippen MR) is 86.6 cm³/mol. The minimum absolute atomic E-state index is 0.0444. The van der Waals surface area contributed by atoms with Gasteiger partial charge in [0.15, 0.2) is 11.8 Å². The van der Waals surface area contributed by atoms with Crippen LogP contribution in [0.3, 0.4) is 0 Å². The summed E-state index contributed by atoms with van der Waals surface area (Å²) >= 11 is 0. The number of anilines is 1. The lowest BCUT2D eigenvalue weighted by Gasteiger charge is -2.18. The average Bonchev–Trinajstić information content (AvgIpc) is 2.89. The fourth-order valence-electron chi connectivity index (χ4n) is 2.68. The van der Waals surface area contributed by atoms with E-state index in [-0.39, 0.29) is 22.3 Å². The molecule has 0 bridgehead atoms. The summed E-state index contributed by atoms with van der Waals surface area (Å²) in [6, 6.07) is 6.37. The van der Waals surface area contributed by atoms with Crippen molar-refractivity contribution in [3.05, 3.63) is 46.5 Å². The van der Waals surface area contributed by atoms with Gasteiger partial charge in [-0.2, -0.15) is 0 Å². The van der Waals surface area contributed by atoms with E-state index in [2.05, 4.69) is 4.98 Å². The van der Waals surface area contributed by atoms with Crippen LogP contribution in [0.25, 0.3) is 22.3 Å². The zero-order valence-corrected chi connectivity index (χ0v) is 13.3. The second-order valence-corrected chi connectivity index (χ2v) is 5.48. The van der Waals surface area contributed by atoms with Crippen LogP contribution < -0.4 is 15.4 Å². The molecule has 0 saturated carbocycles. The van der Waals surface area contributed by atoms with Crippen molar-refractivity contribution in [2.45, 2.75) is 0 Å². The van der Waals surface area contributed by atoms with Gasteiger partial charge in [-0.1, -0.05) is 30.0 Å². The third-order valence-corrected chi connectivity index (χ3v) is 3.87. The fourth-order valence-corrected chi connectivity index (χ4v) is 2.68. The van der Waals surface area contributed by atoms with Crippen LogP contribution in [0, 0.1) is 10.1 Å². The number of aromatic nitrogens is 1. The summed E-state index contributed by atoms with van der Waals surface area (Å²) in [5.74, 6) is -2.65. The van der Waals surface area contributed by atoms with E-state index in [0.29, 0.717) is 0 Å². The summed E-state index contributed by atoms with van der Waals surface area (Å²) in [5, 5.41) is 72.3. The summed E-state index contributed by atoms with van der Waals surface area (Å²) < 4.78 is 0. The highest BCUT2D eigenvalue weighted by molar-refractivity contribution is 5.92. The van der Waals surface area contributed by atoms with E-state index in [4.69, 9.17) is 10.4 Å². The van der Waals surface area contributed by atoms with E-state index >= 15 is 0 Å². The van der Waals surface area contributed by atoms with Gasteiger partial charge in [0, 0.05) is 6.07 Å². The Hall–Kier alpha value is -3.96. The van der Waals surface area contributed by atoms with Crippen molar-refractivity contribution in [2.24, 2.45) is 0 Å². The number of H-pyrrole nitrogens is 1. The molecule has 1 heterocycles. The van der Waals surface area contributed by atoms with Gasteiger partial charge in [0.25, 0.3) is 5.69 Å². The predicted octanol–water partition coefficient (Wildman–Crippen LogP) is 1.40. The van der Waals surface area contributed by atoms with Crippen LogP contribution in [0.2, 0.25) is 0 Å². The van der Waals surface area contributed by atoms with Crippen molar-refractivity contribution in [3.8, 4) is 45.5 Å². The van der Waals surface area contributed by atoms with Crippen molar-refractivity contribution in [2.75, 3.05) is 5.23 Å². The fraction of sp³-hybridized carbons (Fsp3) is 0. The molecule has 3 aromatic rings. The Morgan fingerprint density at radius 1 is 0.889 bits per heavy atom. The van der Waals surface area contributed by atoms with Crippen LogP contribution in [-0.2, 0) is 0 Å². The number of benzene rings is 2. The summed E-state index contributed by atoms with van der Waals surface area (Å²) in [6.07, 6.45) is 0. The lowest BCUT2D eigenvalue weighted by atomic mass is 9.97. The first-order valence-corrected chi connectivity index (χ1v) is 7.29. The minimum Gasteiger partial charge on any atom is -0.871 e. The minimum atomic E-state index is -0.880. The van der Waals surface area contributed by atoms with Gasteiger partial charge in [-0.3, -0.25) is 25.5 Å². The van der Waals surface area contributed by atoms with Gasteiger partial charge in [-0.25, -0.2) is 0 Å². The molecule has 1 aromatic heterocycles. The molecule has 0 fully saturated rings. The van der Waals surface area contributed by atoms with Crippen LogP contribution >= 0.6 is 0 Å². The molecule has 0 radical (unpaired) electrons. The molecule has 11 heteroatoms. The van der Waals surface area contributed by atoms with Gasteiger partial charge in [-0.05, 0) is 22.9 Å². The summed E-state index contributed by atoms with van der Waals surface area (Å²) in [5.41, 5.74) is -1.27. The first-order chi connectivity index (χ1) is 12.7. The molecule has 0 saturated heterocycles. The summed E-state index contributed by atoms with van der Waals surface area (Å²) in [6.45, 7) is 0. The molecule has 2 aromatic carbocycles. The van der Waals surface area contributed by atoms with Crippen LogP contribution in [0.5, 0.6) is 23.3 Å². The number of nitro groups is 1. The molecule has 0 spiro atoms. The smallest absolute Gasteiger partial charge is 0.262 e. The second kappa shape index (κ2) is 6.40. The van der Waals surface area contributed by atoms with Crippen molar-refractivity contribution in [1.82, 2.24) is 4.98 Å². The van der Waals surface area contributed by atoms with E-state index in [0.717, 1.165) is 24.3 Å². The number of rotatable bonds is 4. The Labute approximate surface area is 150 Å². The zero-order valence-electron chi connectivity index (χ0n) is 13.3. The summed E-state index contributed by atoms with van der Waals surface area (Å²) in [7, 11) is 0. The van der Waals surface area contributed by atoms with E-state index in [1.807, 2.05) is 0 Å². The maximum atomic E-state index is 11.7. The third-order valence-electron chi connectivity index (χ3n) is 3.87. The molecule has 0 aliphatic heterocycles. The van der Waals surface area contributed by atoms with Crippen LogP contribution in [0.4, 0.5) is 11.4 Å². The summed E-state index contributed by atoms with van der Waals surface area (Å²) in [4.78, 5) is 12.4. The number of aromatic amines is 1. The van der Waals surface area contributed by atoms with Gasteiger partial charge in [0.1, 0.15) is 0 Å². The van der Waals surface area contributed by atoms with Crippen LogP contribution in [-0.4, -0.2) is 30.5 Å². The zero-order chi connectivity index (χ0) is 19.9. The Kier molecular flexibility index (Phi) is 4.23. The molecule has 0 unspecified atom stereocenters. The van der Waals surface area contributed by atoms with E-state index in [1.54, 1.807) is 0 Å². The molecular weight excluding hydrogens is 362 g/mol. The van der Waals surface area contributed by atoms with Gasteiger partial charge < -0.3 is 20.4 Å². The Morgan fingerprint density at radius 2 is 1.41 bits per heavy atom. The number of aromatic hydroxyl groups is 2. The molecular formula is C16H11N3O8-2. The first-order valence-electron chi connectivity index (χ1n) is 7.29. The molecule has 3 rings (SSSR count). The Bertz CT molecular complexity index is 1040. The highest BCUT2D eigenvalue weighted by atomic mass is 16.8. The van der Waals surface area contributed by atoms with Crippen molar-refractivity contribution >= 4 is 11.4 Å². The van der Waals surface area contributed by atoms with Crippen molar-refractivity contribution in [1.29, 1.82) is 0 Å². The van der Waals surface area contributed by atoms with Gasteiger partial charge in [-0.15, -0.1) is 5.23 Å². The van der Waals surface area contributed by atoms with Crippen LogP contribution in [0.15, 0.2) is 36.4 Å². The maximum Gasteiger partial charge on any atom is 0.262 e. The Balaban J connectivity index is 2.26. The maximum absolute atomic E-state index is 11.7. The van der Waals surface area contributed by atoms with E-state index in [1.165, 1.54) is 12.1 Å². The quantitative estimate of drug-likeness (QED) is 0.332. The lowest BCUT2D eigenvalue weighted by Crippen LogP contribution is -2.13. The third kappa shape index (κ3) is 3.03. The number of nitrogens with one attached hydrogen (secondary N) is 1. The van der Waals surface area contributed by atoms with E-state index in [9.17, 15) is 30.5 Å². The number of hydrogen-bond acceptors (Lipinski definition) is 9. The topological polar surface area (TPSA) is 189 Å². The van der Waals surface area contributed by atoms with Crippen molar-refractivity contribution < 1.29 is 35.8 Å². The lowest BCUT2D eigenvalue weighted by molar-refractivity contribution is -0.398. The van der Waals surface area contributed by atoms with Crippen LogP contribution in [0.1, 0.15) is 0 Å². The molecule has 11 nitrogen and oxygen atoms in total. The largest absolute Gasteiger partial charge is 0.871 e. The molecule has 27 heavy (non-hydrogen) atoms. The molecule has 5 N–H and O–H groups in total. The van der Waals surface area contributed by atoms with E-state index < -0.39 is 44.8 Å². The molecule has 0 aliphatic carbocycles. The molecule has 0 amide bonds. The highest BCUT2D eigenvalue weighted by Gasteiger charge is 2.22. The van der Waals surface area contributed by atoms with Gasteiger partial charge >= 0.3 is 0 Å². The second-order valence-electron chi connectivity index (χ2n) is 5.48. The monoisotopic (exact) mass is 373 g/mol. The Morgan fingerprint density at radius 3 is 1.93 bits per heavy atom. The normalized spacial score (nSPS) is 10.7. The van der Waals surface area contributed by atoms with Gasteiger partial charge in [0.2, 0.25) is 0 Å². The SMILES string of the molecule is O=[N+]([O-])c1cc(-c2c(O)[nH]c(O)c2-c2ccc([O-])c(N(O)O)c2)ccc1[O-]. The number of hydrogen-bond donors (Lipinski definition) is 5. The molecule has 0 aliphatic rings. The number of nitrogens with zero attached hydrogens (tertiary/aromatic N) is 2. The molecule has 0 atom stereocenters. The highest BCUT2D eigenvalue weighted by Crippen LogP contribution is 2.46. The standard InChI is InChI=1S/C16H13N3O8/c20-11-3-1-7(5-9(11)18(24)25)13-14(16(23)17-15(13)22)8-2-4-12(21)10(6-8)19(26)27/h1-6,17,20-25H/p-2. The molecule has 140 valence electrons. The van der Waals surface area contributed by atoms with Crippen molar-refractivity contribution in [3.63, 3.8) is 0 Å². The number of nitro benzene ring substituents is 1. The van der Waals surface area contributed by atoms with Gasteiger partial charge in [0.05, 0.1) is 21.7 Å². The first kappa shape index (κ1) is 17.8.